The molecule has 1 unspecified atom stereocenters. The first-order valence-corrected chi connectivity index (χ1v) is 7.19. The number of nitro benzene ring substituents is 1. The Morgan fingerprint density at radius 2 is 1.96 bits per heavy atom. The summed E-state index contributed by atoms with van der Waals surface area (Å²) in [5.41, 5.74) is 2.16. The van der Waals surface area contributed by atoms with Gasteiger partial charge in [-0.05, 0) is 25.0 Å². The van der Waals surface area contributed by atoms with Crippen molar-refractivity contribution in [2.24, 2.45) is 0 Å². The van der Waals surface area contributed by atoms with Crippen LogP contribution in [-0.4, -0.2) is 11.0 Å². The summed E-state index contributed by atoms with van der Waals surface area (Å²) in [5, 5.41) is 13.6. The molecule has 0 spiro atoms. The third-order valence-corrected chi connectivity index (χ3v) is 3.48. The molecule has 0 aliphatic carbocycles. The van der Waals surface area contributed by atoms with Crippen LogP contribution in [0.3, 0.4) is 0 Å². The summed E-state index contributed by atoms with van der Waals surface area (Å²) in [4.78, 5) is 22.4. The van der Waals surface area contributed by atoms with Crippen molar-refractivity contribution in [3.05, 3.63) is 75.3 Å². The highest BCUT2D eigenvalue weighted by Crippen LogP contribution is 2.23. The van der Waals surface area contributed by atoms with Crippen molar-refractivity contribution in [3.63, 3.8) is 0 Å². The van der Waals surface area contributed by atoms with Gasteiger partial charge in [0, 0.05) is 11.6 Å². The SMILES string of the molecule is Cc1ccc(C(C)NC(=O)OCc2ccccc2)cc1[N+](=O)[O-]. The van der Waals surface area contributed by atoms with Crippen LogP contribution in [0.25, 0.3) is 0 Å². The molecule has 1 amide bonds. The highest BCUT2D eigenvalue weighted by atomic mass is 16.6. The van der Waals surface area contributed by atoms with Gasteiger partial charge in [-0.1, -0.05) is 42.5 Å². The molecule has 2 aromatic carbocycles. The van der Waals surface area contributed by atoms with Crippen molar-refractivity contribution >= 4 is 11.8 Å². The number of rotatable bonds is 5. The summed E-state index contributed by atoms with van der Waals surface area (Å²) in [6.45, 7) is 3.60. The number of amides is 1. The number of hydrogen-bond donors (Lipinski definition) is 1. The van der Waals surface area contributed by atoms with E-state index < -0.39 is 17.1 Å². The van der Waals surface area contributed by atoms with E-state index in [2.05, 4.69) is 5.32 Å². The fraction of sp³-hybridized carbons (Fsp3) is 0.235. The minimum absolute atomic E-state index is 0.0359. The lowest BCUT2D eigenvalue weighted by molar-refractivity contribution is -0.385. The van der Waals surface area contributed by atoms with Gasteiger partial charge in [-0.2, -0.15) is 0 Å². The van der Waals surface area contributed by atoms with Crippen molar-refractivity contribution in [1.29, 1.82) is 0 Å². The fourth-order valence-corrected chi connectivity index (χ4v) is 2.12. The van der Waals surface area contributed by atoms with Gasteiger partial charge in [0.05, 0.1) is 11.0 Å². The highest BCUT2D eigenvalue weighted by molar-refractivity contribution is 5.68. The third kappa shape index (κ3) is 4.54. The van der Waals surface area contributed by atoms with Gasteiger partial charge in [0.1, 0.15) is 6.61 Å². The minimum Gasteiger partial charge on any atom is -0.445 e. The molecule has 0 aromatic heterocycles. The number of carbonyl (C=O) groups is 1. The van der Waals surface area contributed by atoms with Crippen LogP contribution in [0.5, 0.6) is 0 Å². The molecule has 6 nitrogen and oxygen atoms in total. The molecule has 1 atom stereocenters. The van der Waals surface area contributed by atoms with Crippen molar-refractivity contribution in [3.8, 4) is 0 Å². The second kappa shape index (κ2) is 7.40. The van der Waals surface area contributed by atoms with E-state index in [0.29, 0.717) is 11.1 Å². The zero-order chi connectivity index (χ0) is 16.8. The fourth-order valence-electron chi connectivity index (χ4n) is 2.12. The Labute approximate surface area is 134 Å². The molecule has 120 valence electrons. The maximum absolute atomic E-state index is 11.8. The smallest absolute Gasteiger partial charge is 0.407 e. The molecule has 23 heavy (non-hydrogen) atoms. The average Bonchev–Trinajstić information content (AvgIpc) is 2.54. The van der Waals surface area contributed by atoms with Crippen LogP contribution in [0.1, 0.15) is 29.7 Å². The van der Waals surface area contributed by atoms with Gasteiger partial charge in [-0.3, -0.25) is 10.1 Å². The lowest BCUT2D eigenvalue weighted by Gasteiger charge is -2.14. The van der Waals surface area contributed by atoms with Crippen LogP contribution >= 0.6 is 0 Å². The standard InChI is InChI=1S/C17H18N2O4/c1-12-8-9-15(10-16(12)19(21)22)13(2)18-17(20)23-11-14-6-4-3-5-7-14/h3-10,13H,11H2,1-2H3,(H,18,20). The molecule has 2 aromatic rings. The van der Waals surface area contributed by atoms with Gasteiger partial charge in [-0.25, -0.2) is 4.79 Å². The van der Waals surface area contributed by atoms with Crippen LogP contribution < -0.4 is 5.32 Å². The van der Waals surface area contributed by atoms with E-state index in [9.17, 15) is 14.9 Å². The summed E-state index contributed by atoms with van der Waals surface area (Å²) in [7, 11) is 0. The molecule has 0 heterocycles. The summed E-state index contributed by atoms with van der Waals surface area (Å²) in [6.07, 6.45) is -0.565. The average molecular weight is 314 g/mol. The molecule has 2 rings (SSSR count). The number of aryl methyl sites for hydroxylation is 1. The van der Waals surface area contributed by atoms with Crippen molar-refractivity contribution in [1.82, 2.24) is 5.32 Å². The van der Waals surface area contributed by atoms with Crippen molar-refractivity contribution in [2.45, 2.75) is 26.5 Å². The number of benzene rings is 2. The quantitative estimate of drug-likeness (QED) is 0.670. The minimum atomic E-state index is -0.565. The Balaban J connectivity index is 1.96. The first-order chi connectivity index (χ1) is 11.0. The zero-order valence-electron chi connectivity index (χ0n) is 13.0. The van der Waals surface area contributed by atoms with Crippen molar-refractivity contribution in [2.75, 3.05) is 0 Å². The molecule has 0 fully saturated rings. The van der Waals surface area contributed by atoms with E-state index in [1.165, 1.54) is 6.07 Å². The number of ether oxygens (including phenoxy) is 1. The highest BCUT2D eigenvalue weighted by Gasteiger charge is 2.16. The van der Waals surface area contributed by atoms with Crippen LogP contribution in [-0.2, 0) is 11.3 Å². The number of nitro groups is 1. The second-order valence-electron chi connectivity index (χ2n) is 5.23. The topological polar surface area (TPSA) is 81.5 Å². The number of alkyl carbamates (subject to hydrolysis) is 1. The Bertz CT molecular complexity index is 701. The summed E-state index contributed by atoms with van der Waals surface area (Å²) < 4.78 is 5.14. The molecule has 0 saturated carbocycles. The predicted octanol–water partition coefficient (Wildman–Crippen LogP) is 3.89. The molecule has 1 N–H and O–H groups in total. The van der Waals surface area contributed by atoms with E-state index in [4.69, 9.17) is 4.74 Å². The van der Waals surface area contributed by atoms with Gasteiger partial charge in [0.15, 0.2) is 0 Å². The van der Waals surface area contributed by atoms with Gasteiger partial charge in [-0.15, -0.1) is 0 Å². The molecular formula is C17H18N2O4. The monoisotopic (exact) mass is 314 g/mol. The van der Waals surface area contributed by atoms with Crippen LogP contribution in [0, 0.1) is 17.0 Å². The maximum Gasteiger partial charge on any atom is 0.407 e. The van der Waals surface area contributed by atoms with Gasteiger partial charge in [0.25, 0.3) is 5.69 Å². The first-order valence-electron chi connectivity index (χ1n) is 7.19. The second-order valence-corrected chi connectivity index (χ2v) is 5.23. The molecule has 0 aliphatic heterocycles. The normalized spacial score (nSPS) is 11.6. The van der Waals surface area contributed by atoms with E-state index in [-0.39, 0.29) is 12.3 Å². The lowest BCUT2D eigenvalue weighted by Crippen LogP contribution is -2.27. The maximum atomic E-state index is 11.8. The molecule has 6 heteroatoms. The largest absolute Gasteiger partial charge is 0.445 e. The molecule has 0 bridgehead atoms. The van der Waals surface area contributed by atoms with Gasteiger partial charge >= 0.3 is 6.09 Å². The number of hydrogen-bond acceptors (Lipinski definition) is 4. The van der Waals surface area contributed by atoms with E-state index in [0.717, 1.165) is 5.56 Å². The summed E-state index contributed by atoms with van der Waals surface area (Å²) in [6, 6.07) is 13.8. The zero-order valence-corrected chi connectivity index (χ0v) is 13.0. The molecule has 0 radical (unpaired) electrons. The first kappa shape index (κ1) is 16.5. The Morgan fingerprint density at radius 3 is 2.61 bits per heavy atom. The van der Waals surface area contributed by atoms with E-state index in [1.807, 2.05) is 30.3 Å². The number of nitrogens with zero attached hydrogens (tertiary/aromatic N) is 1. The van der Waals surface area contributed by atoms with Gasteiger partial charge < -0.3 is 10.1 Å². The Hall–Kier alpha value is -2.89. The van der Waals surface area contributed by atoms with Crippen molar-refractivity contribution < 1.29 is 14.5 Å². The van der Waals surface area contributed by atoms with E-state index in [1.54, 1.807) is 26.0 Å². The molecule has 0 saturated heterocycles. The summed E-state index contributed by atoms with van der Waals surface area (Å²) in [5.74, 6) is 0. The number of carbonyl (C=O) groups excluding carboxylic acids is 1. The Morgan fingerprint density at radius 1 is 1.26 bits per heavy atom. The number of nitrogens with one attached hydrogen (secondary N) is 1. The Kier molecular flexibility index (Phi) is 5.30. The summed E-state index contributed by atoms with van der Waals surface area (Å²) >= 11 is 0. The third-order valence-electron chi connectivity index (χ3n) is 3.48. The lowest BCUT2D eigenvalue weighted by atomic mass is 10.1. The molecular weight excluding hydrogens is 296 g/mol. The van der Waals surface area contributed by atoms with Crippen LogP contribution in [0.15, 0.2) is 48.5 Å². The van der Waals surface area contributed by atoms with Crippen LogP contribution in [0.2, 0.25) is 0 Å². The van der Waals surface area contributed by atoms with Crippen LogP contribution in [0.4, 0.5) is 10.5 Å². The predicted molar refractivity (Wildman–Crippen MR) is 86.0 cm³/mol. The van der Waals surface area contributed by atoms with Gasteiger partial charge in [0.2, 0.25) is 0 Å². The molecule has 0 aliphatic rings. The van der Waals surface area contributed by atoms with E-state index >= 15 is 0 Å².